The molecule has 0 saturated heterocycles. The summed E-state index contributed by atoms with van der Waals surface area (Å²) in [4.78, 5) is 11.7. The Morgan fingerprint density at radius 2 is 1.50 bits per heavy atom. The fourth-order valence-electron chi connectivity index (χ4n) is 1.61. The summed E-state index contributed by atoms with van der Waals surface area (Å²) in [6.45, 7) is 0. The van der Waals surface area contributed by atoms with Crippen molar-refractivity contribution >= 4 is 34.4 Å². The van der Waals surface area contributed by atoms with Crippen molar-refractivity contribution in [2.45, 2.75) is 0 Å². The van der Waals surface area contributed by atoms with Gasteiger partial charge in [-0.15, -0.1) is 0 Å². The van der Waals surface area contributed by atoms with Gasteiger partial charge >= 0.3 is 6.03 Å². The van der Waals surface area contributed by atoms with Crippen LogP contribution < -0.4 is 15.4 Å². The van der Waals surface area contributed by atoms with E-state index in [0.29, 0.717) is 11.4 Å². The summed E-state index contributed by atoms with van der Waals surface area (Å²) in [5.74, 6) is -1.79. The Hall–Kier alpha value is -2.52. The van der Waals surface area contributed by atoms with E-state index in [1.54, 1.807) is 0 Å². The highest BCUT2D eigenvalue weighted by molar-refractivity contribution is 7.80. The van der Waals surface area contributed by atoms with E-state index in [1.165, 1.54) is 30.3 Å². The summed E-state index contributed by atoms with van der Waals surface area (Å²) >= 11 is -2.45. The average molecular weight is 326 g/mol. The largest absolute Gasteiger partial charge is 0.755 e. The summed E-state index contributed by atoms with van der Waals surface area (Å²) in [5.41, 5.74) is 0.0657. The SMILES string of the molecule is O=C(Nc1ccc(NS(=O)[O-])cc1)Nc1c(F)cccc1F. The van der Waals surface area contributed by atoms with Crippen LogP contribution in [-0.4, -0.2) is 14.8 Å². The van der Waals surface area contributed by atoms with Gasteiger partial charge in [0.05, 0.1) is 0 Å². The van der Waals surface area contributed by atoms with Crippen LogP contribution >= 0.6 is 0 Å². The maximum absolute atomic E-state index is 13.4. The van der Waals surface area contributed by atoms with Crippen molar-refractivity contribution in [3.05, 3.63) is 54.1 Å². The quantitative estimate of drug-likeness (QED) is 0.754. The first kappa shape index (κ1) is 15.9. The van der Waals surface area contributed by atoms with E-state index in [-0.39, 0.29) is 0 Å². The molecule has 3 N–H and O–H groups in total. The molecule has 6 nitrogen and oxygen atoms in total. The van der Waals surface area contributed by atoms with Crippen LogP contribution in [0.4, 0.5) is 30.6 Å². The molecule has 0 spiro atoms. The lowest BCUT2D eigenvalue weighted by Gasteiger charge is -2.11. The van der Waals surface area contributed by atoms with Gasteiger partial charge in [0.25, 0.3) is 0 Å². The average Bonchev–Trinajstić information content (AvgIpc) is 2.45. The first-order valence-electron chi connectivity index (χ1n) is 5.93. The topological polar surface area (TPSA) is 93.3 Å². The number of amides is 2. The fraction of sp³-hybridized carbons (Fsp3) is 0. The van der Waals surface area contributed by atoms with Crippen molar-refractivity contribution in [3.8, 4) is 0 Å². The second-order valence-corrected chi connectivity index (χ2v) is 4.76. The molecule has 2 aromatic rings. The zero-order valence-electron chi connectivity index (χ0n) is 10.9. The van der Waals surface area contributed by atoms with Crippen molar-refractivity contribution < 1.29 is 22.3 Å². The number of rotatable bonds is 4. The van der Waals surface area contributed by atoms with Crippen LogP contribution in [-0.2, 0) is 11.3 Å². The number of urea groups is 1. The number of hydrogen-bond acceptors (Lipinski definition) is 3. The van der Waals surface area contributed by atoms with Gasteiger partial charge in [-0.1, -0.05) is 6.07 Å². The maximum atomic E-state index is 13.4. The minimum absolute atomic E-state index is 0.305. The molecule has 9 heteroatoms. The van der Waals surface area contributed by atoms with Gasteiger partial charge in [-0.05, 0) is 36.4 Å². The van der Waals surface area contributed by atoms with Crippen molar-refractivity contribution in [1.29, 1.82) is 0 Å². The Morgan fingerprint density at radius 1 is 0.955 bits per heavy atom. The number of nitrogens with one attached hydrogen (secondary N) is 3. The van der Waals surface area contributed by atoms with Gasteiger partial charge < -0.3 is 19.9 Å². The van der Waals surface area contributed by atoms with Gasteiger partial charge in [0.1, 0.15) is 17.3 Å². The molecule has 22 heavy (non-hydrogen) atoms. The maximum Gasteiger partial charge on any atom is 0.323 e. The third-order valence-electron chi connectivity index (χ3n) is 2.55. The minimum atomic E-state index is -2.45. The Balaban J connectivity index is 2.01. The second kappa shape index (κ2) is 6.96. The number of anilines is 3. The summed E-state index contributed by atoms with van der Waals surface area (Å²) < 4.78 is 49.8. The van der Waals surface area contributed by atoms with E-state index in [9.17, 15) is 22.3 Å². The smallest absolute Gasteiger partial charge is 0.323 e. The molecule has 0 radical (unpaired) electrons. The van der Waals surface area contributed by atoms with Gasteiger partial charge in [-0.2, -0.15) is 0 Å². The van der Waals surface area contributed by atoms with E-state index in [1.807, 2.05) is 0 Å². The molecule has 0 aliphatic heterocycles. The predicted octanol–water partition coefficient (Wildman–Crippen LogP) is 2.81. The molecule has 0 heterocycles. The van der Waals surface area contributed by atoms with Crippen LogP contribution in [0.25, 0.3) is 0 Å². The van der Waals surface area contributed by atoms with E-state index in [4.69, 9.17) is 0 Å². The van der Waals surface area contributed by atoms with Gasteiger partial charge in [0.2, 0.25) is 0 Å². The fourth-order valence-corrected chi connectivity index (χ4v) is 1.94. The van der Waals surface area contributed by atoms with Crippen molar-refractivity contribution in [1.82, 2.24) is 0 Å². The third-order valence-corrected chi connectivity index (χ3v) is 2.95. The predicted molar refractivity (Wildman–Crippen MR) is 78.0 cm³/mol. The molecule has 0 saturated carbocycles. The first-order chi connectivity index (χ1) is 10.5. The van der Waals surface area contributed by atoms with Crippen LogP contribution in [0.1, 0.15) is 0 Å². The van der Waals surface area contributed by atoms with Gasteiger partial charge in [-0.3, -0.25) is 4.21 Å². The molecule has 1 atom stereocenters. The van der Waals surface area contributed by atoms with E-state index >= 15 is 0 Å². The van der Waals surface area contributed by atoms with Crippen LogP contribution in [0.2, 0.25) is 0 Å². The van der Waals surface area contributed by atoms with Gasteiger partial charge in [0, 0.05) is 22.6 Å². The number of hydrogen-bond donors (Lipinski definition) is 3. The Morgan fingerprint density at radius 3 is 2.05 bits per heavy atom. The molecule has 2 amide bonds. The molecule has 2 rings (SSSR count). The molecule has 116 valence electrons. The van der Waals surface area contributed by atoms with Crippen molar-refractivity contribution in [2.24, 2.45) is 0 Å². The lowest BCUT2D eigenvalue weighted by molar-refractivity contribution is 0.262. The van der Waals surface area contributed by atoms with Crippen LogP contribution in [0.15, 0.2) is 42.5 Å². The van der Waals surface area contributed by atoms with Crippen LogP contribution in [0.3, 0.4) is 0 Å². The van der Waals surface area contributed by atoms with E-state index in [0.717, 1.165) is 12.1 Å². The molecule has 0 bridgehead atoms. The van der Waals surface area contributed by atoms with Gasteiger partial charge in [-0.25, -0.2) is 13.6 Å². The summed E-state index contributed by atoms with van der Waals surface area (Å²) in [5, 5.41) is 4.42. The third kappa shape index (κ3) is 4.24. The highest BCUT2D eigenvalue weighted by Crippen LogP contribution is 2.19. The molecule has 1 unspecified atom stereocenters. The summed E-state index contributed by atoms with van der Waals surface area (Å²) in [6.07, 6.45) is 0. The number of halogens is 2. The molecule has 0 fully saturated rings. The highest BCUT2D eigenvalue weighted by atomic mass is 32.2. The Kier molecular flexibility index (Phi) is 5.02. The molecule has 0 aliphatic rings. The zero-order valence-corrected chi connectivity index (χ0v) is 11.7. The number of benzene rings is 2. The zero-order chi connectivity index (χ0) is 16.1. The molecule has 2 aromatic carbocycles. The number of carbonyl (C=O) groups is 1. The van der Waals surface area contributed by atoms with Crippen molar-refractivity contribution in [3.63, 3.8) is 0 Å². The standard InChI is InChI=1S/C13H11F2N3O3S/c14-10-2-1-3-11(15)12(10)17-13(19)16-8-4-6-9(7-5-8)18-22(20)21/h1-7,18H,(H,20,21)(H2,16,17,19)/p-1. The molecule has 0 aromatic heterocycles. The van der Waals surface area contributed by atoms with Gasteiger partial charge in [0.15, 0.2) is 0 Å². The summed E-state index contributed by atoms with van der Waals surface area (Å²) in [6, 6.07) is 8.05. The van der Waals surface area contributed by atoms with Crippen molar-refractivity contribution in [2.75, 3.05) is 15.4 Å². The first-order valence-corrected chi connectivity index (χ1v) is 7.01. The lowest BCUT2D eigenvalue weighted by Crippen LogP contribution is -2.20. The lowest BCUT2D eigenvalue weighted by atomic mass is 10.3. The molecular formula is C13H10F2N3O3S-. The summed E-state index contributed by atoms with van der Waals surface area (Å²) in [7, 11) is 0. The highest BCUT2D eigenvalue weighted by Gasteiger charge is 2.11. The monoisotopic (exact) mass is 326 g/mol. The molecule has 0 aliphatic carbocycles. The number of para-hydroxylation sites is 1. The number of carbonyl (C=O) groups excluding carboxylic acids is 1. The molecular weight excluding hydrogens is 316 g/mol. The van der Waals surface area contributed by atoms with E-state index in [2.05, 4.69) is 15.4 Å². The Labute approximate surface area is 127 Å². The van der Waals surface area contributed by atoms with Crippen LogP contribution in [0, 0.1) is 11.6 Å². The second-order valence-electron chi connectivity index (χ2n) is 4.09. The normalized spacial score (nSPS) is 11.6. The minimum Gasteiger partial charge on any atom is -0.755 e. The Bertz CT molecular complexity index is 690. The van der Waals surface area contributed by atoms with E-state index < -0.39 is 34.6 Å². The van der Waals surface area contributed by atoms with Crippen LogP contribution in [0.5, 0.6) is 0 Å².